The molecule has 1 atom stereocenters. The number of hydrogen-bond donors (Lipinski definition) is 1. The van der Waals surface area contributed by atoms with Crippen molar-refractivity contribution in [2.45, 2.75) is 12.5 Å². The molecule has 1 aromatic carbocycles. The first-order chi connectivity index (χ1) is 6.74. The average Bonchev–Trinajstić information content (AvgIpc) is 2.18. The fourth-order valence-corrected chi connectivity index (χ4v) is 1.64. The van der Waals surface area contributed by atoms with Crippen LogP contribution in [-0.2, 0) is 0 Å². The van der Waals surface area contributed by atoms with Gasteiger partial charge in [-0.25, -0.2) is 4.39 Å². The van der Waals surface area contributed by atoms with E-state index < -0.39 is 0 Å². The lowest BCUT2D eigenvalue weighted by Crippen LogP contribution is -2.22. The van der Waals surface area contributed by atoms with Crippen LogP contribution in [0.15, 0.2) is 12.1 Å². The zero-order valence-electron chi connectivity index (χ0n) is 8.33. The Labute approximate surface area is 93.8 Å². The zero-order valence-corrected chi connectivity index (χ0v) is 9.14. The highest BCUT2D eigenvalue weighted by molar-refractivity contribution is 5.85. The number of fused-ring (bicyclic) bond motifs is 1. The van der Waals surface area contributed by atoms with Gasteiger partial charge in [-0.05, 0) is 12.1 Å². The van der Waals surface area contributed by atoms with Gasteiger partial charge in [0, 0.05) is 12.5 Å². The van der Waals surface area contributed by atoms with Gasteiger partial charge in [0.05, 0.1) is 19.3 Å². The Balaban J connectivity index is 0.00000112. The summed E-state index contributed by atoms with van der Waals surface area (Å²) < 4.78 is 23.8. The van der Waals surface area contributed by atoms with E-state index in [4.69, 9.17) is 15.2 Å². The van der Waals surface area contributed by atoms with E-state index in [0.29, 0.717) is 30.1 Å². The van der Waals surface area contributed by atoms with Crippen molar-refractivity contribution >= 4 is 12.4 Å². The molecule has 1 aromatic rings. The average molecular weight is 234 g/mol. The second-order valence-electron chi connectivity index (χ2n) is 3.24. The van der Waals surface area contributed by atoms with Crippen molar-refractivity contribution < 1.29 is 13.9 Å². The van der Waals surface area contributed by atoms with Crippen LogP contribution in [0.4, 0.5) is 4.39 Å². The highest BCUT2D eigenvalue weighted by Gasteiger charge is 2.25. The van der Waals surface area contributed by atoms with Crippen molar-refractivity contribution in [2.75, 3.05) is 13.7 Å². The number of nitrogens with two attached hydrogens (primary N) is 1. The van der Waals surface area contributed by atoms with Crippen molar-refractivity contribution in [1.29, 1.82) is 0 Å². The summed E-state index contributed by atoms with van der Waals surface area (Å²) in [4.78, 5) is 0. The summed E-state index contributed by atoms with van der Waals surface area (Å²) in [6.07, 6.45) is 0.636. The van der Waals surface area contributed by atoms with Gasteiger partial charge in [-0.2, -0.15) is 0 Å². The van der Waals surface area contributed by atoms with Crippen LogP contribution in [0.3, 0.4) is 0 Å². The molecule has 0 bridgehead atoms. The van der Waals surface area contributed by atoms with Crippen molar-refractivity contribution in [1.82, 2.24) is 0 Å². The van der Waals surface area contributed by atoms with Crippen LogP contribution < -0.4 is 15.2 Å². The summed E-state index contributed by atoms with van der Waals surface area (Å²) in [7, 11) is 1.52. The van der Waals surface area contributed by atoms with Gasteiger partial charge < -0.3 is 15.2 Å². The van der Waals surface area contributed by atoms with E-state index in [-0.39, 0.29) is 24.3 Å². The van der Waals surface area contributed by atoms with E-state index in [9.17, 15) is 4.39 Å². The molecule has 2 rings (SSSR count). The van der Waals surface area contributed by atoms with Crippen molar-refractivity contribution in [3.63, 3.8) is 0 Å². The molecule has 84 valence electrons. The van der Waals surface area contributed by atoms with Gasteiger partial charge in [0.2, 0.25) is 0 Å². The Morgan fingerprint density at radius 1 is 1.53 bits per heavy atom. The maximum absolute atomic E-state index is 13.4. The fourth-order valence-electron chi connectivity index (χ4n) is 1.64. The topological polar surface area (TPSA) is 44.5 Å². The molecule has 15 heavy (non-hydrogen) atoms. The van der Waals surface area contributed by atoms with Crippen molar-refractivity contribution in [3.05, 3.63) is 23.5 Å². The van der Waals surface area contributed by atoms with E-state index in [2.05, 4.69) is 0 Å². The van der Waals surface area contributed by atoms with Crippen LogP contribution in [0.2, 0.25) is 0 Å². The highest BCUT2D eigenvalue weighted by atomic mass is 35.5. The van der Waals surface area contributed by atoms with Gasteiger partial charge in [-0.1, -0.05) is 0 Å². The molecule has 0 unspecified atom stereocenters. The summed E-state index contributed by atoms with van der Waals surface area (Å²) in [6, 6.07) is 2.60. The predicted octanol–water partition coefficient (Wildman–Crippen LogP) is 2.04. The minimum Gasteiger partial charge on any atom is -0.493 e. The standard InChI is InChI=1S/C10H12FNO2.ClH/c1-13-8-3-2-6(11)9-7(12)4-5-14-10(8)9;/h2-3,7H,4-5,12H2,1H3;1H/t7-;/m1./s1. The van der Waals surface area contributed by atoms with Gasteiger partial charge in [0.15, 0.2) is 11.5 Å². The molecule has 0 radical (unpaired) electrons. The molecule has 0 aromatic heterocycles. The van der Waals surface area contributed by atoms with Gasteiger partial charge in [-0.15, -0.1) is 12.4 Å². The monoisotopic (exact) mass is 233 g/mol. The first-order valence-electron chi connectivity index (χ1n) is 4.49. The van der Waals surface area contributed by atoms with Gasteiger partial charge in [-0.3, -0.25) is 0 Å². The molecule has 0 saturated carbocycles. The quantitative estimate of drug-likeness (QED) is 0.807. The molecule has 3 nitrogen and oxygen atoms in total. The molecule has 0 saturated heterocycles. The largest absolute Gasteiger partial charge is 0.493 e. The molecule has 1 aliphatic heterocycles. The lowest BCUT2D eigenvalue weighted by molar-refractivity contribution is 0.248. The van der Waals surface area contributed by atoms with Gasteiger partial charge in [0.1, 0.15) is 5.82 Å². The van der Waals surface area contributed by atoms with E-state index in [1.165, 1.54) is 13.2 Å². The number of hydrogen-bond acceptors (Lipinski definition) is 3. The predicted molar refractivity (Wildman–Crippen MR) is 57.2 cm³/mol. The Morgan fingerprint density at radius 3 is 2.93 bits per heavy atom. The highest BCUT2D eigenvalue weighted by Crippen LogP contribution is 2.39. The summed E-state index contributed by atoms with van der Waals surface area (Å²) >= 11 is 0. The van der Waals surface area contributed by atoms with Crippen LogP contribution in [0.25, 0.3) is 0 Å². The number of benzene rings is 1. The van der Waals surface area contributed by atoms with Crippen molar-refractivity contribution in [3.8, 4) is 11.5 Å². The number of halogens is 2. The van der Waals surface area contributed by atoms with Crippen LogP contribution in [0.5, 0.6) is 11.5 Å². The second kappa shape index (κ2) is 4.68. The number of ether oxygens (including phenoxy) is 2. The minimum atomic E-state index is -0.326. The molecule has 0 aliphatic carbocycles. The first kappa shape index (κ1) is 12.1. The third kappa shape index (κ3) is 2.01. The summed E-state index contributed by atoms with van der Waals surface area (Å²) in [5.74, 6) is 0.663. The molecule has 2 N–H and O–H groups in total. The summed E-state index contributed by atoms with van der Waals surface area (Å²) in [6.45, 7) is 0.508. The molecule has 5 heteroatoms. The Kier molecular flexibility index (Phi) is 3.77. The molecular weight excluding hydrogens is 221 g/mol. The maximum atomic E-state index is 13.4. The molecule has 0 amide bonds. The third-order valence-corrected chi connectivity index (χ3v) is 2.37. The van der Waals surface area contributed by atoms with Gasteiger partial charge >= 0.3 is 0 Å². The van der Waals surface area contributed by atoms with E-state index in [1.54, 1.807) is 6.07 Å². The molecular formula is C10H13ClFNO2. The van der Waals surface area contributed by atoms with Crippen LogP contribution in [0, 0.1) is 5.82 Å². The SMILES string of the molecule is COc1ccc(F)c2c1OCC[C@H]2N.Cl. The Bertz CT molecular complexity index is 360. The number of rotatable bonds is 1. The lowest BCUT2D eigenvalue weighted by atomic mass is 10.0. The normalized spacial score (nSPS) is 18.5. The molecule has 0 fully saturated rings. The third-order valence-electron chi connectivity index (χ3n) is 2.37. The minimum absolute atomic E-state index is 0. The van der Waals surface area contributed by atoms with Crippen molar-refractivity contribution in [2.24, 2.45) is 5.73 Å². The second-order valence-corrected chi connectivity index (χ2v) is 3.24. The van der Waals surface area contributed by atoms with E-state index in [0.717, 1.165) is 0 Å². The van der Waals surface area contributed by atoms with Gasteiger partial charge in [0.25, 0.3) is 0 Å². The van der Waals surface area contributed by atoms with Crippen LogP contribution in [0.1, 0.15) is 18.0 Å². The summed E-state index contributed by atoms with van der Waals surface area (Å²) in [5.41, 5.74) is 6.22. The molecule has 0 spiro atoms. The zero-order chi connectivity index (χ0) is 10.1. The van der Waals surface area contributed by atoms with E-state index >= 15 is 0 Å². The number of methoxy groups -OCH3 is 1. The van der Waals surface area contributed by atoms with Crippen LogP contribution in [-0.4, -0.2) is 13.7 Å². The molecule has 1 heterocycles. The molecule has 1 aliphatic rings. The smallest absolute Gasteiger partial charge is 0.168 e. The first-order valence-corrected chi connectivity index (χ1v) is 4.49. The Morgan fingerprint density at radius 2 is 2.27 bits per heavy atom. The van der Waals surface area contributed by atoms with E-state index in [1.807, 2.05) is 0 Å². The fraction of sp³-hybridized carbons (Fsp3) is 0.400. The van der Waals surface area contributed by atoms with Crippen LogP contribution >= 0.6 is 12.4 Å². The Hall–Kier alpha value is -1.00. The maximum Gasteiger partial charge on any atom is 0.168 e. The lowest BCUT2D eigenvalue weighted by Gasteiger charge is -2.24. The summed E-state index contributed by atoms with van der Waals surface area (Å²) in [5, 5.41) is 0.